The van der Waals surface area contributed by atoms with Gasteiger partial charge < -0.3 is 0 Å². The van der Waals surface area contributed by atoms with Gasteiger partial charge in [-0.1, -0.05) is 0 Å². The smallest absolute Gasteiger partial charge is 0.257 e. The minimum Gasteiger partial charge on any atom is -0.257 e. The van der Waals surface area contributed by atoms with Gasteiger partial charge in [-0.15, -0.1) is 0 Å². The molecule has 0 aliphatic heterocycles. The Morgan fingerprint density at radius 2 is 2.23 bits per heavy atom. The van der Waals surface area contributed by atoms with Crippen molar-refractivity contribution in [3.05, 3.63) is 38.7 Å². The number of thioether (sulfide) groups is 1. The fourth-order valence-electron chi connectivity index (χ4n) is 1.89. The maximum atomic E-state index is 10.7. The van der Waals surface area contributed by atoms with Gasteiger partial charge in [0.1, 0.15) is 17.3 Å². The summed E-state index contributed by atoms with van der Waals surface area (Å²) in [6, 6.07) is 2.19. The van der Waals surface area contributed by atoms with Gasteiger partial charge >= 0.3 is 5.00 Å². The lowest BCUT2D eigenvalue weighted by molar-refractivity contribution is -0.380. The molecule has 9 heteroatoms. The van der Waals surface area contributed by atoms with Crippen LogP contribution in [0.1, 0.15) is 22.4 Å². The van der Waals surface area contributed by atoms with Crippen LogP contribution in [-0.2, 0) is 5.75 Å². The van der Waals surface area contributed by atoms with Crippen LogP contribution in [0.2, 0.25) is 0 Å². The van der Waals surface area contributed by atoms with Gasteiger partial charge in [-0.3, -0.25) is 10.1 Å². The monoisotopic (exact) mass is 352 g/mol. The summed E-state index contributed by atoms with van der Waals surface area (Å²) in [4.78, 5) is 18.7. The quantitative estimate of drug-likeness (QED) is 0.594. The van der Waals surface area contributed by atoms with Gasteiger partial charge in [-0.05, 0) is 54.3 Å². The predicted molar refractivity (Wildman–Crippen MR) is 88.5 cm³/mol. The molecule has 0 atom stereocenters. The van der Waals surface area contributed by atoms with Crippen LogP contribution in [0, 0.1) is 35.3 Å². The third-order valence-electron chi connectivity index (χ3n) is 2.98. The lowest BCUT2D eigenvalue weighted by Gasteiger charge is -2.12. The number of thiazole rings is 1. The van der Waals surface area contributed by atoms with E-state index in [1.165, 1.54) is 18.0 Å². The third kappa shape index (κ3) is 3.40. The standard InChI is InChI=1S/C13H12N4O2S3/c1-7-9(4-14)12(16-8(2)10(7)6-20-3)22-13-15-5-11(21-13)17(18)19/h5H,6H2,1-3H3. The summed E-state index contributed by atoms with van der Waals surface area (Å²) in [6.45, 7) is 3.82. The molecule has 114 valence electrons. The molecule has 0 radical (unpaired) electrons. The van der Waals surface area contributed by atoms with Crippen LogP contribution in [0.3, 0.4) is 0 Å². The molecule has 0 aromatic carbocycles. The average molecular weight is 352 g/mol. The van der Waals surface area contributed by atoms with Crippen LogP contribution in [0.15, 0.2) is 15.6 Å². The van der Waals surface area contributed by atoms with Crippen molar-refractivity contribution >= 4 is 39.9 Å². The van der Waals surface area contributed by atoms with Crippen molar-refractivity contribution in [1.29, 1.82) is 5.26 Å². The third-order valence-corrected chi connectivity index (χ3v) is 5.57. The highest BCUT2D eigenvalue weighted by Gasteiger charge is 2.18. The number of aromatic nitrogens is 2. The zero-order chi connectivity index (χ0) is 16.3. The minimum atomic E-state index is -0.474. The van der Waals surface area contributed by atoms with Crippen molar-refractivity contribution in [2.24, 2.45) is 0 Å². The van der Waals surface area contributed by atoms with E-state index in [1.807, 2.05) is 20.1 Å². The van der Waals surface area contributed by atoms with E-state index in [0.717, 1.165) is 33.9 Å². The lowest BCUT2D eigenvalue weighted by Crippen LogP contribution is -2.01. The second kappa shape index (κ2) is 7.09. The highest BCUT2D eigenvalue weighted by atomic mass is 32.2. The number of nitrogens with zero attached hydrogens (tertiary/aromatic N) is 4. The first-order chi connectivity index (χ1) is 10.5. The normalized spacial score (nSPS) is 10.5. The summed E-state index contributed by atoms with van der Waals surface area (Å²) in [7, 11) is 0. The Labute approximate surface area is 140 Å². The second-order valence-electron chi connectivity index (χ2n) is 4.35. The van der Waals surface area contributed by atoms with Crippen molar-refractivity contribution in [1.82, 2.24) is 9.97 Å². The van der Waals surface area contributed by atoms with E-state index in [1.54, 1.807) is 11.8 Å². The molecule has 0 unspecified atom stereocenters. The molecule has 2 rings (SSSR count). The molecular weight excluding hydrogens is 340 g/mol. The number of aryl methyl sites for hydroxylation is 1. The van der Waals surface area contributed by atoms with Crippen LogP contribution < -0.4 is 0 Å². The molecule has 2 aromatic rings. The molecule has 22 heavy (non-hydrogen) atoms. The molecule has 2 aromatic heterocycles. The molecule has 0 saturated heterocycles. The maximum absolute atomic E-state index is 10.7. The molecule has 0 amide bonds. The Hall–Kier alpha value is -1.63. The van der Waals surface area contributed by atoms with Gasteiger partial charge in [-0.25, -0.2) is 9.97 Å². The minimum absolute atomic E-state index is 0.0199. The van der Waals surface area contributed by atoms with Crippen LogP contribution in [-0.4, -0.2) is 21.1 Å². The molecular formula is C13H12N4O2S3. The predicted octanol–water partition coefficient (Wildman–Crippen LogP) is 3.95. The molecule has 0 bridgehead atoms. The molecule has 0 fully saturated rings. The number of hydrogen-bond acceptors (Lipinski definition) is 8. The lowest BCUT2D eigenvalue weighted by atomic mass is 10.1. The number of hydrogen-bond donors (Lipinski definition) is 0. The Bertz CT molecular complexity index is 767. The summed E-state index contributed by atoms with van der Waals surface area (Å²) in [6.07, 6.45) is 3.23. The van der Waals surface area contributed by atoms with E-state index < -0.39 is 4.92 Å². The van der Waals surface area contributed by atoms with Crippen molar-refractivity contribution in [2.75, 3.05) is 6.26 Å². The van der Waals surface area contributed by atoms with Crippen LogP contribution in [0.4, 0.5) is 5.00 Å². The van der Waals surface area contributed by atoms with Gasteiger partial charge in [0.2, 0.25) is 0 Å². The highest BCUT2D eigenvalue weighted by molar-refractivity contribution is 8.01. The summed E-state index contributed by atoms with van der Waals surface area (Å²) < 4.78 is 0.507. The Balaban J connectivity index is 2.42. The summed E-state index contributed by atoms with van der Waals surface area (Å²) >= 11 is 3.85. The molecule has 0 N–H and O–H groups in total. The first-order valence-corrected chi connectivity index (χ1v) is 9.17. The van der Waals surface area contributed by atoms with Crippen LogP contribution in [0.5, 0.6) is 0 Å². The zero-order valence-electron chi connectivity index (χ0n) is 12.1. The van der Waals surface area contributed by atoms with Gasteiger partial charge in [0, 0.05) is 11.4 Å². The summed E-state index contributed by atoms with van der Waals surface area (Å²) in [5.74, 6) is 0.799. The van der Waals surface area contributed by atoms with Gasteiger partial charge in [0.05, 0.1) is 10.5 Å². The van der Waals surface area contributed by atoms with Crippen molar-refractivity contribution in [2.45, 2.75) is 29.0 Å². The van der Waals surface area contributed by atoms with E-state index >= 15 is 0 Å². The second-order valence-corrected chi connectivity index (χ2v) is 7.46. The van der Waals surface area contributed by atoms with Crippen molar-refractivity contribution in [3.8, 4) is 6.07 Å². The molecule has 0 saturated carbocycles. The van der Waals surface area contributed by atoms with Gasteiger partial charge in [0.25, 0.3) is 0 Å². The number of pyridine rings is 1. The van der Waals surface area contributed by atoms with Crippen molar-refractivity contribution < 1.29 is 4.92 Å². The Morgan fingerprint density at radius 3 is 2.77 bits per heavy atom. The largest absolute Gasteiger partial charge is 0.344 e. The molecule has 2 heterocycles. The first kappa shape index (κ1) is 16.7. The van der Waals surface area contributed by atoms with E-state index in [4.69, 9.17) is 0 Å². The maximum Gasteiger partial charge on any atom is 0.344 e. The summed E-state index contributed by atoms with van der Waals surface area (Å²) in [5, 5.41) is 20.7. The summed E-state index contributed by atoms with van der Waals surface area (Å²) in [5.41, 5.74) is 3.37. The molecule has 0 aliphatic carbocycles. The fourth-order valence-corrected chi connectivity index (χ4v) is 4.48. The van der Waals surface area contributed by atoms with Gasteiger partial charge in [-0.2, -0.15) is 17.0 Å². The van der Waals surface area contributed by atoms with E-state index in [-0.39, 0.29) is 5.00 Å². The highest BCUT2D eigenvalue weighted by Crippen LogP contribution is 2.36. The Morgan fingerprint density at radius 1 is 1.50 bits per heavy atom. The van der Waals surface area contributed by atoms with Crippen LogP contribution >= 0.6 is 34.9 Å². The van der Waals surface area contributed by atoms with E-state index in [0.29, 0.717) is 14.9 Å². The Kier molecular flexibility index (Phi) is 5.39. The van der Waals surface area contributed by atoms with E-state index in [9.17, 15) is 15.4 Å². The van der Waals surface area contributed by atoms with Crippen molar-refractivity contribution in [3.63, 3.8) is 0 Å². The number of nitriles is 1. The molecule has 0 spiro atoms. The molecule has 6 nitrogen and oxygen atoms in total. The average Bonchev–Trinajstić information content (AvgIpc) is 2.92. The van der Waals surface area contributed by atoms with Gasteiger partial charge in [0.15, 0.2) is 4.34 Å². The SMILES string of the molecule is CSCc1c(C)nc(Sc2ncc([N+](=O)[O-])s2)c(C#N)c1C. The topological polar surface area (TPSA) is 92.7 Å². The number of rotatable bonds is 5. The van der Waals surface area contributed by atoms with Crippen LogP contribution in [0.25, 0.3) is 0 Å². The number of nitro groups is 1. The molecule has 0 aliphatic rings. The first-order valence-electron chi connectivity index (χ1n) is 6.15. The van der Waals surface area contributed by atoms with E-state index in [2.05, 4.69) is 16.0 Å². The fraction of sp³-hybridized carbons (Fsp3) is 0.308. The zero-order valence-corrected chi connectivity index (χ0v) is 14.6.